The van der Waals surface area contributed by atoms with Crippen molar-refractivity contribution in [1.29, 1.82) is 0 Å². The van der Waals surface area contributed by atoms with E-state index in [1.807, 2.05) is 0 Å². The maximum atomic E-state index is 5.52. The molecule has 0 bridgehead atoms. The molecule has 6 rings (SSSR count). The molecule has 176 valence electrons. The van der Waals surface area contributed by atoms with Gasteiger partial charge in [0.2, 0.25) is 0 Å². The van der Waals surface area contributed by atoms with Crippen molar-refractivity contribution in [2.24, 2.45) is 0 Å². The van der Waals surface area contributed by atoms with Gasteiger partial charge in [-0.1, -0.05) is 24.3 Å². The lowest BCUT2D eigenvalue weighted by atomic mass is 10.1. The fraction of sp³-hybridized carbons (Fsp3) is 0.385. The molecular weight excluding hydrogens is 462 g/mol. The number of thiophene rings is 2. The predicted octanol–water partition coefficient (Wildman–Crippen LogP) is 5.46. The van der Waals surface area contributed by atoms with Crippen LogP contribution in [0.1, 0.15) is 24.2 Å². The van der Waals surface area contributed by atoms with Crippen LogP contribution in [0.15, 0.2) is 47.2 Å². The van der Waals surface area contributed by atoms with Crippen molar-refractivity contribution in [3.63, 3.8) is 0 Å². The van der Waals surface area contributed by atoms with Gasteiger partial charge in [0.1, 0.15) is 16.5 Å². The first kappa shape index (κ1) is 22.0. The highest BCUT2D eigenvalue weighted by Crippen LogP contribution is 2.39. The Balaban J connectivity index is 1.34. The van der Waals surface area contributed by atoms with Crippen molar-refractivity contribution >= 4 is 44.4 Å². The second kappa shape index (κ2) is 10.00. The minimum atomic E-state index is 0.746. The van der Waals surface area contributed by atoms with Crippen molar-refractivity contribution in [1.82, 2.24) is 14.9 Å². The summed E-state index contributed by atoms with van der Waals surface area (Å²) in [6.07, 6.45) is 2.55. The minimum Gasteiger partial charge on any atom is -0.379 e. The molecule has 0 amide bonds. The molecule has 6 nitrogen and oxygen atoms in total. The number of anilines is 2. The van der Waals surface area contributed by atoms with E-state index in [-0.39, 0.29) is 0 Å². The molecule has 34 heavy (non-hydrogen) atoms. The SMILES string of the molecule is c1csc(-c2csc3nc(CN4CCOCC4)nc(NCc4ccccc4N4CCCC4)c23)c1. The van der Waals surface area contributed by atoms with E-state index in [0.29, 0.717) is 0 Å². The molecule has 4 aromatic rings. The average Bonchev–Trinajstić information content (AvgIpc) is 3.65. The number of nitrogens with one attached hydrogen (secondary N) is 1. The fourth-order valence-corrected chi connectivity index (χ4v) is 6.64. The molecule has 0 atom stereocenters. The number of para-hydroxylation sites is 1. The molecular formula is C26H29N5OS2. The van der Waals surface area contributed by atoms with Crippen molar-refractivity contribution in [2.45, 2.75) is 25.9 Å². The standard InChI is InChI=1S/C26H29N5OS2/c1-2-7-21(31-9-3-4-10-31)19(6-1)16-27-25-24-20(22-8-5-15-33-22)18-34-26(24)29-23(28-25)17-30-11-13-32-14-12-30/h1-2,5-8,15,18H,3-4,9-14,16-17H2,(H,27,28,29). The van der Waals surface area contributed by atoms with Crippen LogP contribution in [0.5, 0.6) is 0 Å². The second-order valence-electron chi connectivity index (χ2n) is 8.86. The Kier molecular flexibility index (Phi) is 6.46. The van der Waals surface area contributed by atoms with Crippen LogP contribution < -0.4 is 10.2 Å². The van der Waals surface area contributed by atoms with Gasteiger partial charge in [0.15, 0.2) is 0 Å². The van der Waals surface area contributed by atoms with Gasteiger partial charge in [0.25, 0.3) is 0 Å². The third-order valence-corrected chi connectivity index (χ3v) is 8.40. The zero-order valence-electron chi connectivity index (χ0n) is 19.2. The van der Waals surface area contributed by atoms with Gasteiger partial charge >= 0.3 is 0 Å². The van der Waals surface area contributed by atoms with E-state index in [4.69, 9.17) is 14.7 Å². The monoisotopic (exact) mass is 491 g/mol. The topological polar surface area (TPSA) is 53.5 Å². The van der Waals surface area contributed by atoms with Crippen molar-refractivity contribution in [3.05, 3.63) is 58.5 Å². The molecule has 5 heterocycles. The van der Waals surface area contributed by atoms with Crippen molar-refractivity contribution in [2.75, 3.05) is 49.6 Å². The fourth-order valence-electron chi connectivity index (χ4n) is 4.86. The van der Waals surface area contributed by atoms with Gasteiger partial charge in [-0.05, 0) is 35.9 Å². The zero-order chi connectivity index (χ0) is 22.7. The Hall–Kier alpha value is -2.52. The van der Waals surface area contributed by atoms with E-state index < -0.39 is 0 Å². The van der Waals surface area contributed by atoms with Crippen LogP contribution >= 0.6 is 22.7 Å². The summed E-state index contributed by atoms with van der Waals surface area (Å²) < 4.78 is 5.52. The van der Waals surface area contributed by atoms with E-state index in [9.17, 15) is 0 Å². The third-order valence-electron chi connectivity index (χ3n) is 6.62. The predicted molar refractivity (Wildman–Crippen MR) is 142 cm³/mol. The van der Waals surface area contributed by atoms with Gasteiger partial charge in [-0.3, -0.25) is 4.90 Å². The summed E-state index contributed by atoms with van der Waals surface area (Å²) >= 11 is 3.48. The average molecular weight is 492 g/mol. The molecule has 1 N–H and O–H groups in total. The van der Waals surface area contributed by atoms with E-state index in [2.05, 4.69) is 62.3 Å². The van der Waals surface area contributed by atoms with Crippen LogP contribution in [0, 0.1) is 0 Å². The first-order valence-electron chi connectivity index (χ1n) is 12.0. The Morgan fingerprint density at radius 1 is 0.941 bits per heavy atom. The number of rotatable bonds is 7. The Bertz CT molecular complexity index is 1240. The lowest BCUT2D eigenvalue weighted by molar-refractivity contribution is 0.0331. The van der Waals surface area contributed by atoms with Crippen LogP contribution in [0.25, 0.3) is 20.7 Å². The van der Waals surface area contributed by atoms with Crippen molar-refractivity contribution in [3.8, 4) is 10.4 Å². The molecule has 2 fully saturated rings. The molecule has 2 aliphatic heterocycles. The normalized spacial score (nSPS) is 17.0. The Labute approximate surface area is 208 Å². The minimum absolute atomic E-state index is 0.746. The molecule has 8 heteroatoms. The number of benzene rings is 1. The molecule has 0 radical (unpaired) electrons. The van der Waals surface area contributed by atoms with E-state index >= 15 is 0 Å². The Morgan fingerprint density at radius 3 is 2.62 bits per heavy atom. The van der Waals surface area contributed by atoms with Crippen LogP contribution in [0.3, 0.4) is 0 Å². The summed E-state index contributed by atoms with van der Waals surface area (Å²) in [5, 5.41) is 9.22. The van der Waals surface area contributed by atoms with E-state index in [0.717, 1.165) is 74.3 Å². The van der Waals surface area contributed by atoms with Crippen LogP contribution in [0.4, 0.5) is 11.5 Å². The lowest BCUT2D eigenvalue weighted by Gasteiger charge is -2.26. The maximum Gasteiger partial charge on any atom is 0.146 e. The Morgan fingerprint density at radius 2 is 1.79 bits per heavy atom. The van der Waals surface area contributed by atoms with Gasteiger partial charge in [-0.25, -0.2) is 9.97 Å². The maximum absolute atomic E-state index is 5.52. The summed E-state index contributed by atoms with van der Waals surface area (Å²) in [5.74, 6) is 1.82. The number of morpholine rings is 1. The van der Waals surface area contributed by atoms with E-state index in [1.54, 1.807) is 22.7 Å². The number of hydrogen-bond donors (Lipinski definition) is 1. The lowest BCUT2D eigenvalue weighted by Crippen LogP contribution is -2.36. The smallest absolute Gasteiger partial charge is 0.146 e. The molecule has 2 aliphatic rings. The first-order valence-corrected chi connectivity index (χ1v) is 13.8. The largest absolute Gasteiger partial charge is 0.379 e. The molecule has 0 spiro atoms. The zero-order valence-corrected chi connectivity index (χ0v) is 20.8. The number of fused-ring (bicyclic) bond motifs is 1. The van der Waals surface area contributed by atoms with Gasteiger partial charge in [-0.15, -0.1) is 22.7 Å². The van der Waals surface area contributed by atoms with Crippen LogP contribution in [0.2, 0.25) is 0 Å². The number of hydrogen-bond acceptors (Lipinski definition) is 8. The third kappa shape index (κ3) is 4.55. The second-order valence-corrected chi connectivity index (χ2v) is 10.7. The number of aromatic nitrogens is 2. The molecule has 0 unspecified atom stereocenters. The van der Waals surface area contributed by atoms with Crippen LogP contribution in [-0.2, 0) is 17.8 Å². The molecule has 0 saturated carbocycles. The molecule has 1 aromatic carbocycles. The first-order chi connectivity index (χ1) is 16.8. The molecule has 3 aromatic heterocycles. The number of ether oxygens (including phenoxy) is 1. The highest BCUT2D eigenvalue weighted by atomic mass is 32.1. The van der Waals surface area contributed by atoms with E-state index in [1.165, 1.54) is 34.5 Å². The quantitative estimate of drug-likeness (QED) is 0.370. The highest BCUT2D eigenvalue weighted by molar-refractivity contribution is 7.18. The van der Waals surface area contributed by atoms with Gasteiger partial charge in [0, 0.05) is 54.2 Å². The van der Waals surface area contributed by atoms with Crippen molar-refractivity contribution < 1.29 is 4.74 Å². The molecule has 2 saturated heterocycles. The van der Waals surface area contributed by atoms with Gasteiger partial charge in [-0.2, -0.15) is 0 Å². The van der Waals surface area contributed by atoms with Crippen LogP contribution in [-0.4, -0.2) is 54.3 Å². The number of nitrogens with zero attached hydrogens (tertiary/aromatic N) is 4. The summed E-state index contributed by atoms with van der Waals surface area (Å²) in [6, 6.07) is 13.1. The van der Waals surface area contributed by atoms with Gasteiger partial charge < -0.3 is 15.0 Å². The highest BCUT2D eigenvalue weighted by Gasteiger charge is 2.20. The summed E-state index contributed by atoms with van der Waals surface area (Å²) in [4.78, 5) is 17.3. The molecule has 0 aliphatic carbocycles. The summed E-state index contributed by atoms with van der Waals surface area (Å²) in [7, 11) is 0. The van der Waals surface area contributed by atoms with Gasteiger partial charge in [0.05, 0.1) is 25.1 Å². The summed E-state index contributed by atoms with van der Waals surface area (Å²) in [5.41, 5.74) is 3.89. The summed E-state index contributed by atoms with van der Waals surface area (Å²) in [6.45, 7) is 7.21.